The van der Waals surface area contributed by atoms with E-state index in [-0.39, 0.29) is 12.1 Å². The normalized spacial score (nSPS) is 27.0. The van der Waals surface area contributed by atoms with E-state index in [4.69, 9.17) is 10.5 Å². The fourth-order valence-electron chi connectivity index (χ4n) is 1.88. The van der Waals surface area contributed by atoms with E-state index < -0.39 is 0 Å². The molecule has 0 spiro atoms. The third kappa shape index (κ3) is 1.96. The van der Waals surface area contributed by atoms with E-state index >= 15 is 0 Å². The Labute approximate surface area is 84.1 Å². The Balaban J connectivity index is 1.85. The van der Waals surface area contributed by atoms with Gasteiger partial charge < -0.3 is 15.0 Å². The minimum atomic E-state index is 0.225. The van der Waals surface area contributed by atoms with Gasteiger partial charge in [-0.2, -0.15) is 0 Å². The Bertz CT molecular complexity index is 297. The Morgan fingerprint density at radius 1 is 1.64 bits per heavy atom. The molecule has 78 valence electrons. The zero-order chi connectivity index (χ0) is 9.97. The van der Waals surface area contributed by atoms with Crippen molar-refractivity contribution in [2.75, 3.05) is 0 Å². The molecule has 14 heavy (non-hydrogen) atoms. The average Bonchev–Trinajstić information content (AvgIpc) is 2.72. The van der Waals surface area contributed by atoms with Crippen LogP contribution < -0.4 is 5.73 Å². The molecular formula is C10H17N3O. The van der Waals surface area contributed by atoms with Crippen molar-refractivity contribution in [2.24, 2.45) is 12.8 Å². The lowest BCUT2D eigenvalue weighted by Crippen LogP contribution is -2.31. The predicted octanol–water partition coefficient (Wildman–Crippen LogP) is 0.817. The smallest absolute Gasteiger partial charge is 0.0946 e. The van der Waals surface area contributed by atoms with Crippen LogP contribution in [0.2, 0.25) is 0 Å². The predicted molar refractivity (Wildman–Crippen MR) is 53.6 cm³/mol. The molecule has 2 N–H and O–H groups in total. The second-order valence-electron chi connectivity index (χ2n) is 3.94. The highest BCUT2D eigenvalue weighted by Crippen LogP contribution is 2.21. The highest BCUT2D eigenvalue weighted by molar-refractivity contribution is 4.95. The summed E-state index contributed by atoms with van der Waals surface area (Å²) in [5.74, 6) is 0. The maximum absolute atomic E-state index is 5.91. The zero-order valence-electron chi connectivity index (χ0n) is 8.52. The molecule has 1 aromatic rings. The fourth-order valence-corrected chi connectivity index (χ4v) is 1.88. The number of hydrogen-bond acceptors (Lipinski definition) is 3. The van der Waals surface area contributed by atoms with Crippen LogP contribution >= 0.6 is 0 Å². The molecule has 0 aromatic carbocycles. The Morgan fingerprint density at radius 3 is 3.07 bits per heavy atom. The molecule has 1 fully saturated rings. The molecule has 2 atom stereocenters. The molecule has 1 saturated carbocycles. The lowest BCUT2D eigenvalue weighted by Gasteiger charge is -2.16. The standard InChI is InChI=1S/C10H17N3O/c1-13-7-12-5-8(13)6-14-10-4-2-3-9(10)11/h5,7,9-10H,2-4,6,11H2,1H3. The van der Waals surface area contributed by atoms with E-state index in [0.717, 1.165) is 18.5 Å². The van der Waals surface area contributed by atoms with Gasteiger partial charge in [0.1, 0.15) is 0 Å². The van der Waals surface area contributed by atoms with Crippen molar-refractivity contribution in [3.05, 3.63) is 18.2 Å². The fraction of sp³-hybridized carbons (Fsp3) is 0.700. The van der Waals surface area contributed by atoms with E-state index in [1.807, 2.05) is 17.8 Å². The van der Waals surface area contributed by atoms with Gasteiger partial charge in [0.2, 0.25) is 0 Å². The molecule has 2 unspecified atom stereocenters. The number of hydrogen-bond donors (Lipinski definition) is 1. The van der Waals surface area contributed by atoms with Gasteiger partial charge >= 0.3 is 0 Å². The quantitative estimate of drug-likeness (QED) is 0.776. The van der Waals surface area contributed by atoms with E-state index in [9.17, 15) is 0 Å². The molecule has 1 aliphatic carbocycles. The molecular weight excluding hydrogens is 178 g/mol. The SMILES string of the molecule is Cn1cncc1COC1CCCC1N. The Morgan fingerprint density at radius 2 is 2.50 bits per heavy atom. The van der Waals surface area contributed by atoms with E-state index in [1.165, 1.54) is 6.42 Å². The minimum Gasteiger partial charge on any atom is -0.370 e. The molecule has 0 bridgehead atoms. The lowest BCUT2D eigenvalue weighted by molar-refractivity contribution is 0.0327. The molecule has 1 aromatic heterocycles. The van der Waals surface area contributed by atoms with Gasteiger partial charge in [0.25, 0.3) is 0 Å². The van der Waals surface area contributed by atoms with Crippen LogP contribution in [0.3, 0.4) is 0 Å². The maximum Gasteiger partial charge on any atom is 0.0946 e. The number of rotatable bonds is 3. The number of nitrogens with zero attached hydrogens (tertiary/aromatic N) is 2. The molecule has 0 radical (unpaired) electrons. The third-order valence-corrected chi connectivity index (χ3v) is 2.87. The molecule has 4 heteroatoms. The molecule has 1 heterocycles. The largest absolute Gasteiger partial charge is 0.370 e. The van der Waals surface area contributed by atoms with E-state index in [2.05, 4.69) is 4.98 Å². The van der Waals surface area contributed by atoms with E-state index in [1.54, 1.807) is 6.33 Å². The highest BCUT2D eigenvalue weighted by atomic mass is 16.5. The number of aryl methyl sites for hydroxylation is 1. The molecule has 4 nitrogen and oxygen atoms in total. The number of ether oxygens (including phenoxy) is 1. The summed E-state index contributed by atoms with van der Waals surface area (Å²) in [5.41, 5.74) is 7.01. The van der Waals surface area contributed by atoms with Crippen molar-refractivity contribution in [1.82, 2.24) is 9.55 Å². The molecule has 0 aliphatic heterocycles. The number of nitrogens with two attached hydrogens (primary N) is 1. The number of aromatic nitrogens is 2. The van der Waals surface area contributed by atoms with Crippen molar-refractivity contribution in [3.8, 4) is 0 Å². The first kappa shape index (κ1) is 9.68. The van der Waals surface area contributed by atoms with Gasteiger partial charge in [0.15, 0.2) is 0 Å². The molecule has 0 saturated heterocycles. The second-order valence-corrected chi connectivity index (χ2v) is 3.94. The minimum absolute atomic E-state index is 0.225. The first-order chi connectivity index (χ1) is 6.77. The van der Waals surface area contributed by atoms with Crippen molar-refractivity contribution >= 4 is 0 Å². The van der Waals surface area contributed by atoms with Gasteiger partial charge in [-0.05, 0) is 19.3 Å². The van der Waals surface area contributed by atoms with Gasteiger partial charge in [0.05, 0.1) is 30.9 Å². The Kier molecular flexibility index (Phi) is 2.84. The molecule has 1 aliphatic rings. The van der Waals surface area contributed by atoms with Gasteiger partial charge in [-0.3, -0.25) is 0 Å². The summed E-state index contributed by atoms with van der Waals surface area (Å²) in [4.78, 5) is 4.04. The topological polar surface area (TPSA) is 53.1 Å². The summed E-state index contributed by atoms with van der Waals surface area (Å²) >= 11 is 0. The lowest BCUT2D eigenvalue weighted by atomic mass is 10.2. The van der Waals surface area contributed by atoms with Crippen LogP contribution in [-0.4, -0.2) is 21.7 Å². The van der Waals surface area contributed by atoms with Crippen molar-refractivity contribution in [2.45, 2.75) is 38.0 Å². The molecule has 2 rings (SSSR count). The third-order valence-electron chi connectivity index (χ3n) is 2.87. The van der Waals surface area contributed by atoms with Crippen LogP contribution in [0.15, 0.2) is 12.5 Å². The maximum atomic E-state index is 5.91. The van der Waals surface area contributed by atoms with Crippen molar-refractivity contribution in [3.63, 3.8) is 0 Å². The Hall–Kier alpha value is -0.870. The average molecular weight is 195 g/mol. The monoisotopic (exact) mass is 195 g/mol. The molecule has 0 amide bonds. The van der Waals surface area contributed by atoms with Crippen LogP contribution in [0, 0.1) is 0 Å². The van der Waals surface area contributed by atoms with Crippen LogP contribution in [-0.2, 0) is 18.4 Å². The first-order valence-corrected chi connectivity index (χ1v) is 5.10. The van der Waals surface area contributed by atoms with Crippen molar-refractivity contribution < 1.29 is 4.74 Å². The van der Waals surface area contributed by atoms with Gasteiger partial charge in [-0.1, -0.05) is 0 Å². The van der Waals surface area contributed by atoms with Gasteiger partial charge in [-0.25, -0.2) is 4.98 Å². The summed E-state index contributed by atoms with van der Waals surface area (Å²) in [6, 6.07) is 0.225. The first-order valence-electron chi connectivity index (χ1n) is 5.10. The van der Waals surface area contributed by atoms with Crippen molar-refractivity contribution in [1.29, 1.82) is 0 Å². The zero-order valence-corrected chi connectivity index (χ0v) is 8.52. The summed E-state index contributed by atoms with van der Waals surface area (Å²) in [5, 5.41) is 0. The highest BCUT2D eigenvalue weighted by Gasteiger charge is 2.24. The second kappa shape index (κ2) is 4.11. The van der Waals surface area contributed by atoms with E-state index in [0.29, 0.717) is 6.61 Å². The summed E-state index contributed by atoms with van der Waals surface area (Å²) in [7, 11) is 1.97. The van der Waals surface area contributed by atoms with Crippen LogP contribution in [0.4, 0.5) is 0 Å². The summed E-state index contributed by atoms with van der Waals surface area (Å²) in [6.07, 6.45) is 7.24. The van der Waals surface area contributed by atoms with Gasteiger partial charge in [0, 0.05) is 13.1 Å². The van der Waals surface area contributed by atoms with Crippen LogP contribution in [0.1, 0.15) is 25.0 Å². The summed E-state index contributed by atoms with van der Waals surface area (Å²) in [6.45, 7) is 0.620. The van der Waals surface area contributed by atoms with Crippen LogP contribution in [0.5, 0.6) is 0 Å². The summed E-state index contributed by atoms with van der Waals surface area (Å²) < 4.78 is 7.73. The van der Waals surface area contributed by atoms with Crippen LogP contribution in [0.25, 0.3) is 0 Å². The number of imidazole rings is 1. The van der Waals surface area contributed by atoms with Gasteiger partial charge in [-0.15, -0.1) is 0 Å².